The van der Waals surface area contributed by atoms with Crippen LogP contribution in [0.2, 0.25) is 5.02 Å². The Morgan fingerprint density at radius 2 is 2.05 bits per heavy atom. The molecule has 1 atom stereocenters. The van der Waals surface area contributed by atoms with Crippen LogP contribution >= 0.6 is 11.6 Å². The molecule has 2 aromatic rings. The van der Waals surface area contributed by atoms with Crippen LogP contribution in [0.15, 0.2) is 47.4 Å². The van der Waals surface area contributed by atoms with Crippen LogP contribution in [0.4, 0.5) is 10.1 Å². The Labute approximate surface area is 124 Å². The van der Waals surface area contributed by atoms with Crippen LogP contribution in [0.25, 0.3) is 0 Å². The van der Waals surface area contributed by atoms with Gasteiger partial charge in [-0.3, -0.25) is 4.21 Å². The second-order valence-corrected chi connectivity index (χ2v) is 6.02. The van der Waals surface area contributed by atoms with Crippen molar-refractivity contribution in [1.82, 2.24) is 0 Å². The fraction of sp³-hybridized carbons (Fsp3) is 0.143. The number of halogens is 2. The Kier molecular flexibility index (Phi) is 4.98. The summed E-state index contributed by atoms with van der Waals surface area (Å²) in [6.07, 6.45) is 0. The molecule has 2 rings (SSSR count). The van der Waals surface area contributed by atoms with E-state index in [1.165, 1.54) is 18.2 Å². The average molecular weight is 314 g/mol. The highest BCUT2D eigenvalue weighted by Gasteiger charge is 2.07. The van der Waals surface area contributed by atoms with Crippen molar-refractivity contribution in [3.05, 3.63) is 53.3 Å². The molecule has 0 radical (unpaired) electrons. The minimum atomic E-state index is -1.29. The number of nitrogens with two attached hydrogens (primary N) is 1. The number of hydrogen-bond donors (Lipinski definition) is 1. The second-order valence-electron chi connectivity index (χ2n) is 4.05. The number of hydrogen-bond acceptors (Lipinski definition) is 3. The van der Waals surface area contributed by atoms with Crippen molar-refractivity contribution < 1.29 is 13.3 Å². The number of benzene rings is 2. The zero-order valence-corrected chi connectivity index (χ0v) is 12.1. The molecule has 0 amide bonds. The summed E-state index contributed by atoms with van der Waals surface area (Å²) in [4.78, 5) is 0.479. The molecule has 0 saturated heterocycles. The van der Waals surface area contributed by atoms with Crippen LogP contribution in [0, 0.1) is 5.82 Å². The molecular formula is C14H13ClFNO2S. The van der Waals surface area contributed by atoms with Gasteiger partial charge in [0.05, 0.1) is 21.6 Å². The molecule has 0 aromatic heterocycles. The molecule has 0 aliphatic carbocycles. The van der Waals surface area contributed by atoms with E-state index in [0.29, 0.717) is 16.3 Å². The maximum absolute atomic E-state index is 13.0. The van der Waals surface area contributed by atoms with Crippen molar-refractivity contribution >= 4 is 28.1 Å². The van der Waals surface area contributed by atoms with E-state index in [9.17, 15) is 8.60 Å². The molecule has 0 spiro atoms. The highest BCUT2D eigenvalue weighted by Crippen LogP contribution is 2.19. The molecule has 106 valence electrons. The smallest absolute Gasteiger partial charge is 0.141 e. The number of anilines is 1. The van der Waals surface area contributed by atoms with E-state index >= 15 is 0 Å². The predicted octanol–water partition coefficient (Wildman–Crippen LogP) is 3.25. The molecule has 2 aromatic carbocycles. The Bertz CT molecular complexity index is 636. The van der Waals surface area contributed by atoms with Crippen molar-refractivity contribution in [1.29, 1.82) is 0 Å². The van der Waals surface area contributed by atoms with E-state index in [0.717, 1.165) is 0 Å². The Morgan fingerprint density at radius 3 is 2.75 bits per heavy atom. The summed E-state index contributed by atoms with van der Waals surface area (Å²) in [5.41, 5.74) is 6.23. The molecule has 6 heteroatoms. The molecule has 0 fully saturated rings. The third-order valence-corrected chi connectivity index (χ3v) is 4.16. The topological polar surface area (TPSA) is 52.3 Å². The van der Waals surface area contributed by atoms with Crippen LogP contribution in [0.1, 0.15) is 0 Å². The lowest BCUT2D eigenvalue weighted by Crippen LogP contribution is -2.09. The Hall–Kier alpha value is -1.59. The van der Waals surface area contributed by atoms with Gasteiger partial charge in [-0.2, -0.15) is 0 Å². The maximum atomic E-state index is 13.0. The summed E-state index contributed by atoms with van der Waals surface area (Å²) in [5.74, 6) is 0.388. The lowest BCUT2D eigenvalue weighted by molar-refractivity contribution is 0.343. The number of nitrogen functional groups attached to an aromatic ring is 1. The lowest BCUT2D eigenvalue weighted by atomic mass is 10.3. The summed E-state index contributed by atoms with van der Waals surface area (Å²) < 4.78 is 30.4. The van der Waals surface area contributed by atoms with Gasteiger partial charge in [0.25, 0.3) is 0 Å². The Morgan fingerprint density at radius 1 is 1.25 bits per heavy atom. The van der Waals surface area contributed by atoms with Crippen molar-refractivity contribution in [3.8, 4) is 5.75 Å². The number of ether oxygens (including phenoxy) is 1. The first-order valence-electron chi connectivity index (χ1n) is 5.88. The van der Waals surface area contributed by atoms with Crippen LogP contribution in [-0.2, 0) is 10.8 Å². The monoisotopic (exact) mass is 313 g/mol. The zero-order chi connectivity index (χ0) is 14.5. The highest BCUT2D eigenvalue weighted by atomic mass is 35.5. The van der Waals surface area contributed by atoms with Crippen LogP contribution in [-0.4, -0.2) is 16.6 Å². The van der Waals surface area contributed by atoms with Crippen LogP contribution in [0.5, 0.6) is 5.75 Å². The van der Waals surface area contributed by atoms with Gasteiger partial charge in [0, 0.05) is 16.6 Å². The van der Waals surface area contributed by atoms with Gasteiger partial charge in [0.2, 0.25) is 0 Å². The van der Waals surface area contributed by atoms with Crippen LogP contribution in [0.3, 0.4) is 0 Å². The first kappa shape index (κ1) is 14.8. The summed E-state index contributed by atoms with van der Waals surface area (Å²) >= 11 is 5.65. The maximum Gasteiger partial charge on any atom is 0.141 e. The number of rotatable bonds is 5. The summed E-state index contributed by atoms with van der Waals surface area (Å²) in [6, 6.07) is 11.0. The van der Waals surface area contributed by atoms with Gasteiger partial charge >= 0.3 is 0 Å². The molecule has 2 N–H and O–H groups in total. The molecular weight excluding hydrogens is 301 g/mol. The molecule has 20 heavy (non-hydrogen) atoms. The largest absolute Gasteiger partial charge is 0.493 e. The van der Waals surface area contributed by atoms with Crippen molar-refractivity contribution in [2.45, 2.75) is 4.90 Å². The summed E-state index contributed by atoms with van der Waals surface area (Å²) in [5, 5.41) is -0.0346. The van der Waals surface area contributed by atoms with Gasteiger partial charge in [0.15, 0.2) is 0 Å². The molecule has 0 saturated carbocycles. The zero-order valence-electron chi connectivity index (χ0n) is 10.5. The van der Waals surface area contributed by atoms with Gasteiger partial charge in [-0.15, -0.1) is 0 Å². The molecule has 1 unspecified atom stereocenters. The highest BCUT2D eigenvalue weighted by molar-refractivity contribution is 7.85. The third-order valence-electron chi connectivity index (χ3n) is 2.55. The molecule has 0 heterocycles. The fourth-order valence-electron chi connectivity index (χ4n) is 1.58. The molecule has 3 nitrogen and oxygen atoms in total. The van der Waals surface area contributed by atoms with E-state index in [-0.39, 0.29) is 17.4 Å². The van der Waals surface area contributed by atoms with E-state index in [4.69, 9.17) is 22.1 Å². The van der Waals surface area contributed by atoms with E-state index in [1.807, 2.05) is 0 Å². The summed E-state index contributed by atoms with van der Waals surface area (Å²) in [7, 11) is -1.29. The lowest BCUT2D eigenvalue weighted by Gasteiger charge is -2.07. The second kappa shape index (κ2) is 6.72. The molecule has 0 bridgehead atoms. The quantitative estimate of drug-likeness (QED) is 0.862. The van der Waals surface area contributed by atoms with Crippen molar-refractivity contribution in [2.24, 2.45) is 0 Å². The average Bonchev–Trinajstić information content (AvgIpc) is 2.42. The Balaban J connectivity index is 1.90. The first-order valence-corrected chi connectivity index (χ1v) is 7.58. The predicted molar refractivity (Wildman–Crippen MR) is 79.0 cm³/mol. The van der Waals surface area contributed by atoms with Gasteiger partial charge < -0.3 is 10.5 Å². The summed E-state index contributed by atoms with van der Waals surface area (Å²) in [6.45, 7) is 0.269. The van der Waals surface area contributed by atoms with E-state index in [2.05, 4.69) is 0 Å². The standard InChI is InChI=1S/C14H13ClFNO2S/c15-13-9-12(4-5-14(13)16)20(18)7-6-19-11-3-1-2-10(17)8-11/h1-5,8-9H,6-7,17H2. The van der Waals surface area contributed by atoms with Gasteiger partial charge in [-0.05, 0) is 30.3 Å². The van der Waals surface area contributed by atoms with Crippen molar-refractivity contribution in [3.63, 3.8) is 0 Å². The van der Waals surface area contributed by atoms with Gasteiger partial charge in [0.1, 0.15) is 18.2 Å². The molecule has 0 aliphatic heterocycles. The van der Waals surface area contributed by atoms with Crippen LogP contribution < -0.4 is 10.5 Å². The van der Waals surface area contributed by atoms with Crippen molar-refractivity contribution in [2.75, 3.05) is 18.1 Å². The van der Waals surface area contributed by atoms with Gasteiger partial charge in [-0.25, -0.2) is 4.39 Å². The minimum Gasteiger partial charge on any atom is -0.493 e. The SMILES string of the molecule is Nc1cccc(OCCS(=O)c2ccc(F)c(Cl)c2)c1. The minimum absolute atomic E-state index is 0.0346. The normalized spacial score (nSPS) is 12.1. The van der Waals surface area contributed by atoms with E-state index in [1.54, 1.807) is 24.3 Å². The molecule has 0 aliphatic rings. The van der Waals surface area contributed by atoms with E-state index < -0.39 is 16.6 Å². The third kappa shape index (κ3) is 3.95. The van der Waals surface area contributed by atoms with Gasteiger partial charge in [-0.1, -0.05) is 17.7 Å². The first-order chi connectivity index (χ1) is 9.56. The fourth-order valence-corrected chi connectivity index (χ4v) is 2.76.